The molecule has 1 unspecified atom stereocenters. The smallest absolute Gasteiger partial charge is 0.0656 e. The van der Waals surface area contributed by atoms with Gasteiger partial charge in [-0.15, -0.1) is 11.3 Å². The van der Waals surface area contributed by atoms with Crippen LogP contribution in [0.15, 0.2) is 29.6 Å². The Labute approximate surface area is 134 Å². The van der Waals surface area contributed by atoms with E-state index in [9.17, 15) is 0 Å². The first-order valence-corrected chi connectivity index (χ1v) is 7.96. The molecule has 3 N–H and O–H groups in total. The normalized spacial score (nSPS) is 12.7. The third-order valence-electron chi connectivity index (χ3n) is 2.66. The molecule has 0 amide bonds. The number of benzene rings is 1. The molecule has 0 spiro atoms. The predicted octanol–water partition coefficient (Wildman–Crippen LogP) is 4.41. The van der Waals surface area contributed by atoms with Crippen LogP contribution in [0.1, 0.15) is 17.2 Å². The van der Waals surface area contributed by atoms with Gasteiger partial charge in [-0.3, -0.25) is 11.3 Å². The van der Waals surface area contributed by atoms with E-state index < -0.39 is 0 Å². The van der Waals surface area contributed by atoms with Gasteiger partial charge in [0.15, 0.2) is 0 Å². The largest absolute Gasteiger partial charge is 0.271 e. The highest BCUT2D eigenvalue weighted by Crippen LogP contribution is 2.30. The summed E-state index contributed by atoms with van der Waals surface area (Å²) in [6.07, 6.45) is 0.668. The average Bonchev–Trinajstić information content (AvgIpc) is 2.76. The Morgan fingerprint density at radius 1 is 1.33 bits per heavy atom. The molecule has 0 saturated heterocycles. The second-order valence-electron chi connectivity index (χ2n) is 3.81. The van der Waals surface area contributed by atoms with Crippen molar-refractivity contribution in [1.29, 1.82) is 0 Å². The van der Waals surface area contributed by atoms with E-state index in [1.165, 1.54) is 2.88 Å². The lowest BCUT2D eigenvalue weighted by Crippen LogP contribution is -2.29. The Morgan fingerprint density at radius 3 is 2.50 bits per heavy atom. The number of nitrogens with one attached hydrogen (secondary N) is 1. The summed E-state index contributed by atoms with van der Waals surface area (Å²) in [5, 5.41) is 3.44. The predicted molar refractivity (Wildman–Crippen MR) is 87.3 cm³/mol. The molecule has 2 aromatic rings. The van der Waals surface area contributed by atoms with E-state index >= 15 is 0 Å². The molecule has 6 heteroatoms. The van der Waals surface area contributed by atoms with Gasteiger partial charge in [-0.1, -0.05) is 29.3 Å². The van der Waals surface area contributed by atoms with Gasteiger partial charge in [0.05, 0.1) is 8.93 Å². The standard InChI is InChI=1S/C12H11Cl2IN2S/c13-9-2-1-3-10(14)8(9)5-11(17-16)7-4-12(15)18-6-7/h1-4,6,11,17H,5,16H2. The van der Waals surface area contributed by atoms with Crippen molar-refractivity contribution in [1.82, 2.24) is 5.43 Å². The third-order valence-corrected chi connectivity index (χ3v) is 5.18. The lowest BCUT2D eigenvalue weighted by atomic mass is 10.0. The second-order valence-corrected chi connectivity index (χ2v) is 7.43. The summed E-state index contributed by atoms with van der Waals surface area (Å²) in [5.41, 5.74) is 4.90. The van der Waals surface area contributed by atoms with Crippen molar-refractivity contribution in [2.45, 2.75) is 12.5 Å². The van der Waals surface area contributed by atoms with Gasteiger partial charge in [0.25, 0.3) is 0 Å². The van der Waals surface area contributed by atoms with Crippen LogP contribution < -0.4 is 11.3 Å². The van der Waals surface area contributed by atoms with E-state index in [2.05, 4.69) is 39.5 Å². The van der Waals surface area contributed by atoms with Crippen molar-refractivity contribution in [2.75, 3.05) is 0 Å². The van der Waals surface area contributed by atoms with E-state index in [-0.39, 0.29) is 6.04 Å². The van der Waals surface area contributed by atoms with Crippen molar-refractivity contribution in [3.8, 4) is 0 Å². The molecule has 1 heterocycles. The van der Waals surface area contributed by atoms with E-state index in [4.69, 9.17) is 29.0 Å². The average molecular weight is 413 g/mol. The highest BCUT2D eigenvalue weighted by Gasteiger charge is 2.16. The first-order chi connectivity index (χ1) is 8.61. The van der Waals surface area contributed by atoms with E-state index in [1.807, 2.05) is 18.2 Å². The summed E-state index contributed by atoms with van der Waals surface area (Å²) in [6.45, 7) is 0. The van der Waals surface area contributed by atoms with Gasteiger partial charge in [-0.05, 0) is 63.7 Å². The lowest BCUT2D eigenvalue weighted by molar-refractivity contribution is 0.553. The molecule has 18 heavy (non-hydrogen) atoms. The molecule has 2 rings (SSSR count). The van der Waals surface area contributed by atoms with Gasteiger partial charge in [0.1, 0.15) is 0 Å². The van der Waals surface area contributed by atoms with E-state index in [1.54, 1.807) is 11.3 Å². The Hall–Kier alpha value is 0.150. The number of hydrazine groups is 1. The van der Waals surface area contributed by atoms with Crippen molar-refractivity contribution < 1.29 is 0 Å². The maximum absolute atomic E-state index is 6.17. The zero-order chi connectivity index (χ0) is 13.1. The van der Waals surface area contributed by atoms with Gasteiger partial charge in [-0.2, -0.15) is 0 Å². The fourth-order valence-electron chi connectivity index (χ4n) is 1.71. The van der Waals surface area contributed by atoms with Gasteiger partial charge in [0.2, 0.25) is 0 Å². The first kappa shape index (κ1) is 14.6. The SMILES string of the molecule is NNC(Cc1c(Cl)cccc1Cl)c1csc(I)c1. The van der Waals surface area contributed by atoms with Gasteiger partial charge in [-0.25, -0.2) is 0 Å². The Bertz CT molecular complexity index is 524. The summed E-state index contributed by atoms with van der Waals surface area (Å²) >= 11 is 16.3. The van der Waals surface area contributed by atoms with Crippen LogP contribution in [0.4, 0.5) is 0 Å². The molecule has 2 nitrogen and oxygen atoms in total. The molecule has 96 valence electrons. The molecular weight excluding hydrogens is 402 g/mol. The van der Waals surface area contributed by atoms with Crippen molar-refractivity contribution in [3.05, 3.63) is 53.7 Å². The van der Waals surface area contributed by atoms with Crippen LogP contribution in [0.5, 0.6) is 0 Å². The third kappa shape index (κ3) is 3.37. The summed E-state index contributed by atoms with van der Waals surface area (Å²) in [4.78, 5) is 0. The number of halogens is 3. The van der Waals surface area contributed by atoms with Crippen LogP contribution in [-0.2, 0) is 6.42 Å². The number of thiophene rings is 1. The highest BCUT2D eigenvalue weighted by atomic mass is 127. The summed E-state index contributed by atoms with van der Waals surface area (Å²) in [7, 11) is 0. The van der Waals surface area contributed by atoms with Crippen LogP contribution in [-0.4, -0.2) is 0 Å². The van der Waals surface area contributed by atoms with Crippen molar-refractivity contribution in [3.63, 3.8) is 0 Å². The number of rotatable bonds is 4. The lowest BCUT2D eigenvalue weighted by Gasteiger charge is -2.16. The fraction of sp³-hybridized carbons (Fsp3) is 0.167. The number of hydrogen-bond donors (Lipinski definition) is 2. The van der Waals surface area contributed by atoms with Gasteiger partial charge >= 0.3 is 0 Å². The summed E-state index contributed by atoms with van der Waals surface area (Å²) in [5.74, 6) is 5.63. The molecule has 0 radical (unpaired) electrons. The highest BCUT2D eigenvalue weighted by molar-refractivity contribution is 14.1. The first-order valence-electron chi connectivity index (χ1n) is 5.24. The molecule has 1 aromatic heterocycles. The topological polar surface area (TPSA) is 38.0 Å². The molecular formula is C12H11Cl2IN2S. The maximum Gasteiger partial charge on any atom is 0.0656 e. The van der Waals surface area contributed by atoms with Gasteiger partial charge < -0.3 is 0 Å². The zero-order valence-corrected chi connectivity index (χ0v) is 13.8. The number of hydrogen-bond acceptors (Lipinski definition) is 3. The molecule has 1 aromatic carbocycles. The van der Waals surface area contributed by atoms with Crippen molar-refractivity contribution in [2.24, 2.45) is 5.84 Å². The fourth-order valence-corrected chi connectivity index (χ4v) is 3.69. The molecule has 1 atom stereocenters. The Kier molecular flexibility index (Phi) is 5.29. The van der Waals surface area contributed by atoms with E-state index in [0.29, 0.717) is 16.5 Å². The Morgan fingerprint density at radius 2 is 2.00 bits per heavy atom. The molecule has 0 aliphatic carbocycles. The zero-order valence-electron chi connectivity index (χ0n) is 9.29. The molecule has 0 saturated carbocycles. The molecule has 0 fully saturated rings. The van der Waals surface area contributed by atoms with Crippen LogP contribution in [0.3, 0.4) is 0 Å². The van der Waals surface area contributed by atoms with Gasteiger partial charge in [0, 0.05) is 10.0 Å². The van der Waals surface area contributed by atoms with Crippen LogP contribution in [0.2, 0.25) is 10.0 Å². The van der Waals surface area contributed by atoms with Crippen LogP contribution >= 0.6 is 57.1 Å². The monoisotopic (exact) mass is 412 g/mol. The second kappa shape index (κ2) is 6.54. The van der Waals surface area contributed by atoms with Crippen LogP contribution in [0.25, 0.3) is 0 Å². The summed E-state index contributed by atoms with van der Waals surface area (Å²) in [6, 6.07) is 7.65. The Balaban J connectivity index is 2.26. The minimum atomic E-state index is 0.0159. The number of nitrogens with two attached hydrogens (primary N) is 1. The minimum absolute atomic E-state index is 0.0159. The van der Waals surface area contributed by atoms with Crippen LogP contribution in [0, 0.1) is 2.88 Å². The molecule has 0 aliphatic heterocycles. The maximum atomic E-state index is 6.17. The molecule has 0 bridgehead atoms. The minimum Gasteiger partial charge on any atom is -0.271 e. The summed E-state index contributed by atoms with van der Waals surface area (Å²) < 4.78 is 1.23. The molecule has 0 aliphatic rings. The quantitative estimate of drug-likeness (QED) is 0.443. The van der Waals surface area contributed by atoms with Crippen molar-refractivity contribution >= 4 is 57.1 Å². The van der Waals surface area contributed by atoms with E-state index in [0.717, 1.165) is 11.1 Å².